The van der Waals surface area contributed by atoms with E-state index in [1.165, 1.54) is 6.07 Å². The molecular weight excluding hydrogens is 249 g/mol. The Labute approximate surface area is 110 Å². The van der Waals surface area contributed by atoms with E-state index in [0.717, 1.165) is 22.8 Å². The molecule has 0 saturated heterocycles. The zero-order chi connectivity index (χ0) is 14.0. The van der Waals surface area contributed by atoms with E-state index in [1.807, 2.05) is 32.0 Å². The highest BCUT2D eigenvalue weighted by Gasteiger charge is 2.13. The van der Waals surface area contributed by atoms with Gasteiger partial charge in [0.05, 0.1) is 0 Å². The molecule has 2 aromatic rings. The normalized spacial score (nSPS) is 10.8. The third-order valence-corrected chi connectivity index (χ3v) is 2.92. The van der Waals surface area contributed by atoms with Crippen LogP contribution in [0, 0.1) is 37.7 Å². The van der Waals surface area contributed by atoms with E-state index in [0.29, 0.717) is 0 Å². The van der Waals surface area contributed by atoms with Crippen LogP contribution in [0.4, 0.5) is 13.2 Å². The standard InChI is InChI=1S/C16H14F3/c1-10-7-11(2)9-12(8-10)3-4-13-5-6-14(17)16(19)15(13)18/h3,5-9H,4H2,1-2H3. The molecule has 0 unspecified atom stereocenters. The van der Waals surface area contributed by atoms with Crippen LogP contribution in [-0.4, -0.2) is 0 Å². The number of halogens is 3. The molecule has 3 heteroatoms. The van der Waals surface area contributed by atoms with Crippen LogP contribution in [-0.2, 0) is 6.42 Å². The lowest BCUT2D eigenvalue weighted by atomic mass is 10.0. The van der Waals surface area contributed by atoms with Crippen LogP contribution in [0.25, 0.3) is 0 Å². The monoisotopic (exact) mass is 263 g/mol. The maximum atomic E-state index is 13.5. The molecule has 0 atom stereocenters. The number of benzene rings is 2. The quantitative estimate of drug-likeness (QED) is 0.714. The Kier molecular flexibility index (Phi) is 3.93. The lowest BCUT2D eigenvalue weighted by molar-refractivity contribution is 0.442. The molecular formula is C16H14F3. The first-order valence-electron chi connectivity index (χ1n) is 6.01. The molecule has 0 saturated carbocycles. The lowest BCUT2D eigenvalue weighted by Gasteiger charge is -2.06. The van der Waals surface area contributed by atoms with Crippen LogP contribution < -0.4 is 0 Å². The van der Waals surface area contributed by atoms with Crippen molar-refractivity contribution in [3.05, 3.63) is 76.5 Å². The Morgan fingerprint density at radius 3 is 2.16 bits per heavy atom. The molecule has 19 heavy (non-hydrogen) atoms. The summed E-state index contributed by atoms with van der Waals surface area (Å²) < 4.78 is 39.4. The molecule has 1 radical (unpaired) electrons. The van der Waals surface area contributed by atoms with E-state index < -0.39 is 17.5 Å². The molecule has 99 valence electrons. The largest absolute Gasteiger partial charge is 0.204 e. The van der Waals surface area contributed by atoms with Crippen molar-refractivity contribution in [2.45, 2.75) is 20.3 Å². The van der Waals surface area contributed by atoms with Crippen LogP contribution in [0.1, 0.15) is 22.3 Å². The Morgan fingerprint density at radius 2 is 1.53 bits per heavy atom. The minimum absolute atomic E-state index is 0.151. The molecule has 0 aliphatic carbocycles. The highest BCUT2D eigenvalue weighted by atomic mass is 19.2. The van der Waals surface area contributed by atoms with Crippen molar-refractivity contribution in [1.29, 1.82) is 0 Å². The van der Waals surface area contributed by atoms with E-state index in [4.69, 9.17) is 0 Å². The van der Waals surface area contributed by atoms with Gasteiger partial charge in [0.25, 0.3) is 0 Å². The smallest absolute Gasteiger partial charge is 0.194 e. The Morgan fingerprint density at radius 1 is 0.895 bits per heavy atom. The third-order valence-electron chi connectivity index (χ3n) is 2.92. The van der Waals surface area contributed by atoms with Gasteiger partial charge in [-0.25, -0.2) is 13.2 Å². The number of aryl methyl sites for hydroxylation is 2. The molecule has 0 aliphatic heterocycles. The van der Waals surface area contributed by atoms with Crippen LogP contribution >= 0.6 is 0 Å². The molecule has 0 fully saturated rings. The van der Waals surface area contributed by atoms with E-state index in [2.05, 4.69) is 0 Å². The van der Waals surface area contributed by atoms with Crippen molar-refractivity contribution in [2.75, 3.05) is 0 Å². The van der Waals surface area contributed by atoms with Gasteiger partial charge in [0.15, 0.2) is 17.5 Å². The molecule has 2 aromatic carbocycles. The predicted molar refractivity (Wildman–Crippen MR) is 69.3 cm³/mol. The van der Waals surface area contributed by atoms with Gasteiger partial charge in [-0.3, -0.25) is 0 Å². The first kappa shape index (κ1) is 13.7. The molecule has 2 rings (SSSR count). The summed E-state index contributed by atoms with van der Waals surface area (Å²) in [6, 6.07) is 8.18. The maximum absolute atomic E-state index is 13.5. The molecule has 0 amide bonds. The fraction of sp³-hybridized carbons (Fsp3) is 0.188. The molecule has 0 bridgehead atoms. The van der Waals surface area contributed by atoms with Crippen molar-refractivity contribution >= 4 is 0 Å². The van der Waals surface area contributed by atoms with Gasteiger partial charge >= 0.3 is 0 Å². The first-order valence-corrected chi connectivity index (χ1v) is 6.01. The van der Waals surface area contributed by atoms with Crippen molar-refractivity contribution < 1.29 is 13.2 Å². The second-order valence-corrected chi connectivity index (χ2v) is 4.66. The summed E-state index contributed by atoms with van der Waals surface area (Å²) in [5, 5.41) is 0. The fourth-order valence-corrected chi connectivity index (χ4v) is 2.08. The van der Waals surface area contributed by atoms with E-state index in [1.54, 1.807) is 6.42 Å². The molecule has 0 spiro atoms. The minimum atomic E-state index is -1.41. The Balaban J connectivity index is 2.17. The Hall–Kier alpha value is -1.77. The van der Waals surface area contributed by atoms with Gasteiger partial charge in [0.2, 0.25) is 0 Å². The van der Waals surface area contributed by atoms with Gasteiger partial charge in [0, 0.05) is 0 Å². The topological polar surface area (TPSA) is 0 Å². The van der Waals surface area contributed by atoms with Crippen molar-refractivity contribution in [3.8, 4) is 0 Å². The molecule has 0 aromatic heterocycles. The highest BCUT2D eigenvalue weighted by molar-refractivity contribution is 5.34. The summed E-state index contributed by atoms with van der Waals surface area (Å²) in [6.07, 6.45) is 2.03. The summed E-state index contributed by atoms with van der Waals surface area (Å²) in [5.74, 6) is -3.68. The van der Waals surface area contributed by atoms with Crippen molar-refractivity contribution in [3.63, 3.8) is 0 Å². The second-order valence-electron chi connectivity index (χ2n) is 4.66. The molecule has 0 nitrogen and oxygen atoms in total. The number of hydrogen-bond donors (Lipinski definition) is 0. The average Bonchev–Trinajstić information content (AvgIpc) is 2.34. The van der Waals surface area contributed by atoms with Gasteiger partial charge < -0.3 is 0 Å². The summed E-state index contributed by atoms with van der Waals surface area (Å²) in [5.41, 5.74) is 3.31. The van der Waals surface area contributed by atoms with E-state index in [9.17, 15) is 13.2 Å². The summed E-state index contributed by atoms with van der Waals surface area (Å²) in [6.45, 7) is 3.95. The highest BCUT2D eigenvalue weighted by Crippen LogP contribution is 2.19. The van der Waals surface area contributed by atoms with Crippen LogP contribution in [0.15, 0.2) is 30.3 Å². The molecule has 0 aliphatic rings. The Bertz CT molecular complexity index is 583. The van der Waals surface area contributed by atoms with Gasteiger partial charge in [-0.2, -0.15) is 0 Å². The van der Waals surface area contributed by atoms with Crippen molar-refractivity contribution in [1.82, 2.24) is 0 Å². The van der Waals surface area contributed by atoms with E-state index in [-0.39, 0.29) is 12.0 Å². The zero-order valence-corrected chi connectivity index (χ0v) is 10.8. The molecule has 0 N–H and O–H groups in total. The number of rotatable bonds is 3. The summed E-state index contributed by atoms with van der Waals surface area (Å²) >= 11 is 0. The fourth-order valence-electron chi connectivity index (χ4n) is 2.08. The van der Waals surface area contributed by atoms with Gasteiger partial charge in [-0.1, -0.05) is 35.4 Å². The summed E-state index contributed by atoms with van der Waals surface area (Å²) in [4.78, 5) is 0. The minimum Gasteiger partial charge on any atom is -0.204 e. The van der Waals surface area contributed by atoms with E-state index >= 15 is 0 Å². The first-order chi connectivity index (χ1) is 8.97. The SMILES string of the molecule is Cc1cc(C)cc([CH]Cc2ccc(F)c(F)c2F)c1. The second kappa shape index (κ2) is 5.47. The molecule has 0 heterocycles. The van der Waals surface area contributed by atoms with Gasteiger partial charge in [-0.05, 0) is 43.9 Å². The lowest BCUT2D eigenvalue weighted by Crippen LogP contribution is -1.99. The van der Waals surface area contributed by atoms with Crippen LogP contribution in [0.5, 0.6) is 0 Å². The van der Waals surface area contributed by atoms with Gasteiger partial charge in [-0.15, -0.1) is 0 Å². The zero-order valence-electron chi connectivity index (χ0n) is 10.8. The summed E-state index contributed by atoms with van der Waals surface area (Å²) in [7, 11) is 0. The van der Waals surface area contributed by atoms with Gasteiger partial charge in [0.1, 0.15) is 0 Å². The average molecular weight is 263 g/mol. The maximum Gasteiger partial charge on any atom is 0.194 e. The van der Waals surface area contributed by atoms with Crippen molar-refractivity contribution in [2.24, 2.45) is 0 Å². The van der Waals surface area contributed by atoms with Crippen LogP contribution in [0.3, 0.4) is 0 Å². The predicted octanol–water partition coefficient (Wildman–Crippen LogP) is 4.52. The third kappa shape index (κ3) is 3.16. The van der Waals surface area contributed by atoms with Crippen LogP contribution in [0.2, 0.25) is 0 Å². The number of hydrogen-bond acceptors (Lipinski definition) is 0.